The van der Waals surface area contributed by atoms with Crippen LogP contribution in [0.3, 0.4) is 0 Å². The highest BCUT2D eigenvalue weighted by Gasteiger charge is 2.08. The monoisotopic (exact) mass is 288 g/mol. The van der Waals surface area contributed by atoms with Crippen LogP contribution in [0.2, 0.25) is 0 Å². The van der Waals surface area contributed by atoms with E-state index in [1.165, 1.54) is 0 Å². The highest BCUT2D eigenvalue weighted by Crippen LogP contribution is 2.31. The van der Waals surface area contributed by atoms with Gasteiger partial charge in [0.2, 0.25) is 0 Å². The van der Waals surface area contributed by atoms with Crippen LogP contribution in [0.15, 0.2) is 36.7 Å². The van der Waals surface area contributed by atoms with Gasteiger partial charge < -0.3 is 19.5 Å². The molecule has 0 aliphatic carbocycles. The Balaban J connectivity index is 2.25. The molecule has 0 radical (unpaired) electrons. The topological polar surface area (TPSA) is 52.6 Å². The smallest absolute Gasteiger partial charge is 0.150 e. The number of hydrogen-bond acceptors (Lipinski definition) is 5. The third kappa shape index (κ3) is 4.10. The molecule has 112 valence electrons. The van der Waals surface area contributed by atoms with Gasteiger partial charge in [0.15, 0.2) is 0 Å². The first-order valence-corrected chi connectivity index (χ1v) is 6.81. The minimum absolute atomic E-state index is 0.650. The minimum atomic E-state index is 0.650. The van der Waals surface area contributed by atoms with E-state index in [0.717, 1.165) is 18.7 Å². The Kier molecular flexibility index (Phi) is 5.40. The average molecular weight is 288 g/mol. The number of aromatic nitrogens is 1. The fourth-order valence-electron chi connectivity index (χ4n) is 1.87. The first kappa shape index (κ1) is 15.1. The second-order valence-electron chi connectivity index (χ2n) is 4.41. The maximum atomic E-state index is 5.93. The zero-order valence-corrected chi connectivity index (χ0v) is 12.6. The molecule has 0 bridgehead atoms. The molecule has 21 heavy (non-hydrogen) atoms. The molecule has 1 aromatic heterocycles. The lowest BCUT2D eigenvalue weighted by atomic mass is 10.2. The van der Waals surface area contributed by atoms with Crippen LogP contribution >= 0.6 is 0 Å². The highest BCUT2D eigenvalue weighted by atomic mass is 16.5. The minimum Gasteiger partial charge on any atom is -0.496 e. The van der Waals surface area contributed by atoms with Crippen molar-refractivity contribution in [2.75, 3.05) is 20.8 Å². The molecule has 0 saturated carbocycles. The molecule has 1 aromatic carbocycles. The molecule has 0 aliphatic rings. The molecule has 0 atom stereocenters. The van der Waals surface area contributed by atoms with Gasteiger partial charge in [0, 0.05) is 36.5 Å². The van der Waals surface area contributed by atoms with Crippen LogP contribution in [-0.2, 0) is 6.54 Å². The Morgan fingerprint density at radius 1 is 1.05 bits per heavy atom. The molecular formula is C16H20N2O3. The quantitative estimate of drug-likeness (QED) is 0.848. The predicted octanol–water partition coefficient (Wildman–Crippen LogP) is 3.00. The number of nitrogens with zero attached hydrogens (tertiary/aromatic N) is 1. The Morgan fingerprint density at radius 2 is 1.71 bits per heavy atom. The van der Waals surface area contributed by atoms with E-state index in [4.69, 9.17) is 14.2 Å². The van der Waals surface area contributed by atoms with Crippen molar-refractivity contribution < 1.29 is 14.2 Å². The Morgan fingerprint density at radius 3 is 2.33 bits per heavy atom. The SMILES string of the molecule is CCNCc1ccncc1Oc1cc(OC)cc(OC)c1. The van der Waals surface area contributed by atoms with E-state index in [1.54, 1.807) is 32.7 Å². The van der Waals surface area contributed by atoms with Crippen LogP contribution in [-0.4, -0.2) is 25.7 Å². The first-order chi connectivity index (χ1) is 10.3. The van der Waals surface area contributed by atoms with E-state index in [9.17, 15) is 0 Å². The van der Waals surface area contributed by atoms with E-state index >= 15 is 0 Å². The van der Waals surface area contributed by atoms with Crippen molar-refractivity contribution in [1.29, 1.82) is 0 Å². The van der Waals surface area contributed by atoms with Crippen molar-refractivity contribution in [3.05, 3.63) is 42.2 Å². The van der Waals surface area contributed by atoms with E-state index in [0.29, 0.717) is 23.0 Å². The van der Waals surface area contributed by atoms with Crippen molar-refractivity contribution in [3.8, 4) is 23.0 Å². The van der Waals surface area contributed by atoms with Gasteiger partial charge in [-0.3, -0.25) is 4.98 Å². The van der Waals surface area contributed by atoms with Crippen molar-refractivity contribution in [1.82, 2.24) is 10.3 Å². The molecule has 1 heterocycles. The summed E-state index contributed by atoms with van der Waals surface area (Å²) < 4.78 is 16.4. The summed E-state index contributed by atoms with van der Waals surface area (Å²) in [6, 6.07) is 7.37. The summed E-state index contributed by atoms with van der Waals surface area (Å²) in [7, 11) is 3.22. The average Bonchev–Trinajstić information content (AvgIpc) is 2.53. The predicted molar refractivity (Wildman–Crippen MR) is 81.2 cm³/mol. The third-order valence-electron chi connectivity index (χ3n) is 2.99. The molecule has 0 aliphatic heterocycles. The summed E-state index contributed by atoms with van der Waals surface area (Å²) in [5, 5.41) is 3.28. The molecule has 0 amide bonds. The molecule has 0 spiro atoms. The highest BCUT2D eigenvalue weighted by molar-refractivity contribution is 5.44. The third-order valence-corrected chi connectivity index (χ3v) is 2.99. The van der Waals surface area contributed by atoms with Gasteiger partial charge in [0.05, 0.1) is 20.4 Å². The van der Waals surface area contributed by atoms with Gasteiger partial charge in [-0.25, -0.2) is 0 Å². The van der Waals surface area contributed by atoms with Crippen molar-refractivity contribution in [2.45, 2.75) is 13.5 Å². The summed E-state index contributed by atoms with van der Waals surface area (Å²) in [6.45, 7) is 3.69. The van der Waals surface area contributed by atoms with Crippen molar-refractivity contribution in [2.24, 2.45) is 0 Å². The first-order valence-electron chi connectivity index (χ1n) is 6.81. The molecule has 1 N–H and O–H groups in total. The lowest BCUT2D eigenvalue weighted by Gasteiger charge is -2.13. The molecular weight excluding hydrogens is 268 g/mol. The second-order valence-corrected chi connectivity index (χ2v) is 4.41. The van der Waals surface area contributed by atoms with Crippen LogP contribution in [0, 0.1) is 0 Å². The van der Waals surface area contributed by atoms with Gasteiger partial charge >= 0.3 is 0 Å². The van der Waals surface area contributed by atoms with Crippen LogP contribution in [0.4, 0.5) is 0 Å². The number of hydrogen-bond donors (Lipinski definition) is 1. The normalized spacial score (nSPS) is 10.2. The molecule has 2 aromatic rings. The molecule has 0 saturated heterocycles. The summed E-state index contributed by atoms with van der Waals surface area (Å²) >= 11 is 0. The zero-order valence-electron chi connectivity index (χ0n) is 12.6. The number of rotatable bonds is 7. The Bertz CT molecular complexity index is 565. The molecule has 0 fully saturated rings. The maximum absolute atomic E-state index is 5.93. The van der Waals surface area contributed by atoms with Gasteiger partial charge in [-0.15, -0.1) is 0 Å². The van der Waals surface area contributed by atoms with Gasteiger partial charge in [0.25, 0.3) is 0 Å². The maximum Gasteiger partial charge on any atom is 0.150 e. The molecule has 5 nitrogen and oxygen atoms in total. The fraction of sp³-hybridized carbons (Fsp3) is 0.312. The summed E-state index contributed by atoms with van der Waals surface area (Å²) in [6.07, 6.45) is 3.46. The van der Waals surface area contributed by atoms with E-state index in [1.807, 2.05) is 18.2 Å². The standard InChI is InChI=1S/C16H20N2O3/c1-4-17-10-12-5-6-18-11-16(12)21-15-8-13(19-2)7-14(9-15)20-3/h5-9,11,17H,4,10H2,1-3H3. The van der Waals surface area contributed by atoms with Crippen LogP contribution in [0.1, 0.15) is 12.5 Å². The lowest BCUT2D eigenvalue weighted by Crippen LogP contribution is -2.12. The zero-order chi connectivity index (χ0) is 15.1. The number of methoxy groups -OCH3 is 2. The largest absolute Gasteiger partial charge is 0.496 e. The fourth-order valence-corrected chi connectivity index (χ4v) is 1.87. The summed E-state index contributed by atoms with van der Waals surface area (Å²) in [5.74, 6) is 2.73. The van der Waals surface area contributed by atoms with Gasteiger partial charge in [-0.1, -0.05) is 6.92 Å². The molecule has 5 heteroatoms. The number of nitrogens with one attached hydrogen (secondary N) is 1. The number of pyridine rings is 1. The molecule has 2 rings (SSSR count). The van der Waals surface area contributed by atoms with Crippen molar-refractivity contribution >= 4 is 0 Å². The van der Waals surface area contributed by atoms with Gasteiger partial charge in [-0.05, 0) is 12.6 Å². The van der Waals surface area contributed by atoms with E-state index in [-0.39, 0.29) is 0 Å². The van der Waals surface area contributed by atoms with Crippen molar-refractivity contribution in [3.63, 3.8) is 0 Å². The van der Waals surface area contributed by atoms with Crippen LogP contribution < -0.4 is 19.5 Å². The van der Waals surface area contributed by atoms with E-state index in [2.05, 4.69) is 17.2 Å². The summed E-state index contributed by atoms with van der Waals surface area (Å²) in [4.78, 5) is 4.12. The van der Waals surface area contributed by atoms with Gasteiger partial charge in [0.1, 0.15) is 23.0 Å². The van der Waals surface area contributed by atoms with Gasteiger partial charge in [-0.2, -0.15) is 0 Å². The number of ether oxygens (including phenoxy) is 3. The van der Waals surface area contributed by atoms with Crippen LogP contribution in [0.25, 0.3) is 0 Å². The lowest BCUT2D eigenvalue weighted by molar-refractivity contribution is 0.386. The molecule has 0 unspecified atom stereocenters. The summed E-state index contributed by atoms with van der Waals surface area (Å²) in [5.41, 5.74) is 1.05. The second kappa shape index (κ2) is 7.50. The Labute approximate surface area is 124 Å². The van der Waals surface area contributed by atoms with E-state index < -0.39 is 0 Å². The van der Waals surface area contributed by atoms with Crippen LogP contribution in [0.5, 0.6) is 23.0 Å². The number of benzene rings is 1. The Hall–Kier alpha value is -2.27.